The van der Waals surface area contributed by atoms with Gasteiger partial charge in [-0.3, -0.25) is 0 Å². The van der Waals surface area contributed by atoms with Crippen LogP contribution < -0.4 is 5.32 Å². The average Bonchev–Trinajstić information content (AvgIpc) is 2.46. The summed E-state index contributed by atoms with van der Waals surface area (Å²) < 4.78 is 0. The van der Waals surface area contributed by atoms with Crippen molar-refractivity contribution < 1.29 is 0 Å². The lowest BCUT2D eigenvalue weighted by atomic mass is 9.95. The zero-order valence-electron chi connectivity index (χ0n) is 12.7. The number of benzene rings is 1. The van der Waals surface area contributed by atoms with Gasteiger partial charge in [-0.05, 0) is 69.9 Å². The van der Waals surface area contributed by atoms with Crippen LogP contribution in [0.1, 0.15) is 43.9 Å². The number of nitrogens with zero attached hydrogens (tertiary/aromatic N) is 1. The molecule has 1 saturated heterocycles. The van der Waals surface area contributed by atoms with Crippen molar-refractivity contribution >= 4 is 0 Å². The summed E-state index contributed by atoms with van der Waals surface area (Å²) in [5.74, 6) is 0.856. The van der Waals surface area contributed by atoms with Crippen LogP contribution in [0.2, 0.25) is 0 Å². The molecule has 2 heteroatoms. The molecular weight excluding hydrogens is 232 g/mol. The molecule has 2 rings (SSSR count). The number of hydrogen-bond acceptors (Lipinski definition) is 2. The van der Waals surface area contributed by atoms with Gasteiger partial charge in [-0.25, -0.2) is 0 Å². The summed E-state index contributed by atoms with van der Waals surface area (Å²) in [6.07, 6.45) is 2.70. The zero-order valence-corrected chi connectivity index (χ0v) is 12.7. The molecule has 0 aliphatic carbocycles. The summed E-state index contributed by atoms with van der Waals surface area (Å²) in [5.41, 5.74) is 2.83. The third-order valence-electron chi connectivity index (χ3n) is 4.52. The molecule has 0 amide bonds. The summed E-state index contributed by atoms with van der Waals surface area (Å²) in [4.78, 5) is 2.56. The Bertz CT molecular complexity index is 381. The van der Waals surface area contributed by atoms with Gasteiger partial charge in [-0.15, -0.1) is 0 Å². The SMILES string of the molecule is CCN1CCC(CNC(C)c2ccccc2C)CC1. The number of likely N-dealkylation sites (tertiary alicyclic amines) is 1. The van der Waals surface area contributed by atoms with E-state index in [1.807, 2.05) is 0 Å². The quantitative estimate of drug-likeness (QED) is 0.873. The minimum Gasteiger partial charge on any atom is -0.310 e. The highest BCUT2D eigenvalue weighted by Crippen LogP contribution is 2.20. The zero-order chi connectivity index (χ0) is 13.7. The summed E-state index contributed by atoms with van der Waals surface area (Å²) in [6.45, 7) is 11.7. The Balaban J connectivity index is 1.78. The summed E-state index contributed by atoms with van der Waals surface area (Å²) in [6, 6.07) is 9.16. The summed E-state index contributed by atoms with van der Waals surface area (Å²) in [7, 11) is 0. The van der Waals surface area contributed by atoms with Crippen LogP contribution >= 0.6 is 0 Å². The Kier molecular flexibility index (Phi) is 5.41. The van der Waals surface area contributed by atoms with Crippen molar-refractivity contribution in [2.45, 2.75) is 39.7 Å². The smallest absolute Gasteiger partial charge is 0.0294 e. The minimum atomic E-state index is 0.463. The maximum Gasteiger partial charge on any atom is 0.0294 e. The van der Waals surface area contributed by atoms with Crippen molar-refractivity contribution in [1.82, 2.24) is 10.2 Å². The lowest BCUT2D eigenvalue weighted by Gasteiger charge is -2.32. The van der Waals surface area contributed by atoms with Gasteiger partial charge in [0.05, 0.1) is 0 Å². The molecule has 1 atom stereocenters. The van der Waals surface area contributed by atoms with Crippen molar-refractivity contribution in [3.05, 3.63) is 35.4 Å². The first kappa shape index (κ1) is 14.5. The second-order valence-corrected chi connectivity index (χ2v) is 5.86. The molecule has 2 nitrogen and oxygen atoms in total. The van der Waals surface area contributed by atoms with Crippen LogP contribution in [0.3, 0.4) is 0 Å². The molecule has 0 spiro atoms. The second-order valence-electron chi connectivity index (χ2n) is 5.86. The van der Waals surface area contributed by atoms with Crippen molar-refractivity contribution in [1.29, 1.82) is 0 Å². The fraction of sp³-hybridized carbons (Fsp3) is 0.647. The summed E-state index contributed by atoms with van der Waals surface area (Å²) in [5, 5.41) is 3.72. The monoisotopic (exact) mass is 260 g/mol. The van der Waals surface area contributed by atoms with Crippen molar-refractivity contribution in [3.8, 4) is 0 Å². The number of nitrogens with one attached hydrogen (secondary N) is 1. The molecule has 0 saturated carbocycles. The Labute approximate surface area is 118 Å². The first-order chi connectivity index (χ1) is 9.20. The van der Waals surface area contributed by atoms with Crippen molar-refractivity contribution in [2.24, 2.45) is 5.92 Å². The van der Waals surface area contributed by atoms with Gasteiger partial charge in [0.2, 0.25) is 0 Å². The molecule has 1 aromatic carbocycles. The highest BCUT2D eigenvalue weighted by molar-refractivity contribution is 5.28. The Morgan fingerprint density at radius 1 is 1.26 bits per heavy atom. The Morgan fingerprint density at radius 2 is 1.95 bits per heavy atom. The lowest BCUT2D eigenvalue weighted by Crippen LogP contribution is -2.37. The van der Waals surface area contributed by atoms with E-state index in [9.17, 15) is 0 Å². The molecule has 1 N–H and O–H groups in total. The van der Waals surface area contributed by atoms with Crippen LogP contribution in [0.15, 0.2) is 24.3 Å². The lowest BCUT2D eigenvalue weighted by molar-refractivity contribution is 0.188. The van der Waals surface area contributed by atoms with Gasteiger partial charge < -0.3 is 10.2 Å². The largest absolute Gasteiger partial charge is 0.310 e. The molecule has 1 heterocycles. The van der Waals surface area contributed by atoms with Crippen LogP contribution in [0, 0.1) is 12.8 Å². The summed E-state index contributed by atoms with van der Waals surface area (Å²) >= 11 is 0. The van der Waals surface area contributed by atoms with E-state index < -0.39 is 0 Å². The number of aryl methyl sites for hydroxylation is 1. The Hall–Kier alpha value is -0.860. The maximum absolute atomic E-state index is 3.72. The molecule has 19 heavy (non-hydrogen) atoms. The van der Waals surface area contributed by atoms with Crippen LogP contribution in [0.5, 0.6) is 0 Å². The van der Waals surface area contributed by atoms with E-state index in [-0.39, 0.29) is 0 Å². The van der Waals surface area contributed by atoms with Gasteiger partial charge in [0.25, 0.3) is 0 Å². The van der Waals surface area contributed by atoms with E-state index in [1.165, 1.54) is 43.6 Å². The van der Waals surface area contributed by atoms with Gasteiger partial charge in [0.1, 0.15) is 0 Å². The topological polar surface area (TPSA) is 15.3 Å². The third kappa shape index (κ3) is 4.05. The fourth-order valence-corrected chi connectivity index (χ4v) is 3.03. The average molecular weight is 260 g/mol. The van der Waals surface area contributed by atoms with E-state index in [1.54, 1.807) is 0 Å². The first-order valence-electron chi connectivity index (χ1n) is 7.72. The van der Waals surface area contributed by atoms with Crippen LogP contribution in [-0.2, 0) is 0 Å². The predicted octanol–water partition coefficient (Wildman–Crippen LogP) is 3.38. The molecule has 1 aromatic rings. The molecule has 1 aliphatic heterocycles. The van der Waals surface area contributed by atoms with E-state index in [2.05, 4.69) is 55.3 Å². The highest BCUT2D eigenvalue weighted by atomic mass is 15.1. The van der Waals surface area contributed by atoms with Crippen molar-refractivity contribution in [3.63, 3.8) is 0 Å². The van der Waals surface area contributed by atoms with E-state index >= 15 is 0 Å². The van der Waals surface area contributed by atoms with Crippen LogP contribution in [0.25, 0.3) is 0 Å². The van der Waals surface area contributed by atoms with E-state index in [4.69, 9.17) is 0 Å². The molecule has 0 radical (unpaired) electrons. The van der Waals surface area contributed by atoms with Gasteiger partial charge >= 0.3 is 0 Å². The number of piperidine rings is 1. The minimum absolute atomic E-state index is 0.463. The molecule has 106 valence electrons. The molecule has 1 fully saturated rings. The van der Waals surface area contributed by atoms with Gasteiger partial charge in [-0.1, -0.05) is 31.2 Å². The standard InChI is InChI=1S/C17H28N2/c1-4-19-11-9-16(10-12-19)13-18-15(3)17-8-6-5-7-14(17)2/h5-8,15-16,18H,4,9-13H2,1-3H3. The Morgan fingerprint density at radius 3 is 2.58 bits per heavy atom. The number of rotatable bonds is 5. The normalized spacial score (nSPS) is 19.5. The number of hydrogen-bond donors (Lipinski definition) is 1. The maximum atomic E-state index is 3.72. The molecular formula is C17H28N2. The first-order valence-corrected chi connectivity index (χ1v) is 7.72. The van der Waals surface area contributed by atoms with Crippen LogP contribution in [-0.4, -0.2) is 31.1 Å². The van der Waals surface area contributed by atoms with E-state index in [0.717, 1.165) is 12.5 Å². The van der Waals surface area contributed by atoms with Gasteiger partial charge in [0.15, 0.2) is 0 Å². The second kappa shape index (κ2) is 7.06. The molecule has 0 bridgehead atoms. The molecule has 0 aromatic heterocycles. The van der Waals surface area contributed by atoms with Gasteiger partial charge in [-0.2, -0.15) is 0 Å². The molecule has 1 aliphatic rings. The van der Waals surface area contributed by atoms with Gasteiger partial charge in [0, 0.05) is 6.04 Å². The van der Waals surface area contributed by atoms with Crippen molar-refractivity contribution in [2.75, 3.05) is 26.2 Å². The van der Waals surface area contributed by atoms with Crippen LogP contribution in [0.4, 0.5) is 0 Å². The highest BCUT2D eigenvalue weighted by Gasteiger charge is 2.18. The van der Waals surface area contributed by atoms with E-state index in [0.29, 0.717) is 6.04 Å². The third-order valence-corrected chi connectivity index (χ3v) is 4.52. The molecule has 1 unspecified atom stereocenters. The predicted molar refractivity (Wildman–Crippen MR) is 82.4 cm³/mol. The fourth-order valence-electron chi connectivity index (χ4n) is 3.03.